The lowest BCUT2D eigenvalue weighted by atomic mass is 10.3. The summed E-state index contributed by atoms with van der Waals surface area (Å²) in [6.07, 6.45) is 0. The van der Waals surface area contributed by atoms with Gasteiger partial charge in [0.1, 0.15) is 5.75 Å². The van der Waals surface area contributed by atoms with Crippen LogP contribution in [0.3, 0.4) is 0 Å². The van der Waals surface area contributed by atoms with E-state index in [1.165, 1.54) is 0 Å². The Hall–Kier alpha value is -1.30. The summed E-state index contributed by atoms with van der Waals surface area (Å²) in [6, 6.07) is 6.89. The van der Waals surface area contributed by atoms with Crippen molar-refractivity contribution in [2.45, 2.75) is 0 Å². The van der Waals surface area contributed by atoms with Crippen molar-refractivity contribution in [1.82, 2.24) is 4.90 Å². The lowest BCUT2D eigenvalue weighted by Crippen LogP contribution is -2.39. The molecule has 112 valence electrons. The molecule has 5 nitrogen and oxygen atoms in total. The summed E-state index contributed by atoms with van der Waals surface area (Å²) >= 11 is 5.78. The molecule has 1 aromatic rings. The maximum atomic E-state index is 12.1. The molecule has 0 N–H and O–H groups in total. The molecule has 0 radical (unpaired) electrons. The van der Waals surface area contributed by atoms with Gasteiger partial charge in [0.05, 0.1) is 13.2 Å². The first-order chi connectivity index (χ1) is 9.67. The smallest absolute Gasteiger partial charge is 0.260 e. The number of hydrogen-bond acceptors (Lipinski definition) is 4. The molecule has 0 aromatic heterocycles. The molecule has 1 amide bonds. The van der Waals surface area contributed by atoms with Gasteiger partial charge in [-0.25, -0.2) is 0 Å². The first-order valence-electron chi connectivity index (χ1n) is 6.31. The van der Waals surface area contributed by atoms with Crippen molar-refractivity contribution < 1.29 is 19.0 Å². The monoisotopic (exact) mass is 301 g/mol. The van der Waals surface area contributed by atoms with E-state index in [4.69, 9.17) is 25.8 Å². The fourth-order valence-electron chi connectivity index (χ4n) is 1.53. The van der Waals surface area contributed by atoms with Crippen molar-refractivity contribution >= 4 is 17.5 Å². The molecule has 6 heteroatoms. The molecule has 0 saturated heterocycles. The first-order valence-corrected chi connectivity index (χ1v) is 6.69. The number of hydrogen-bond donors (Lipinski definition) is 0. The van der Waals surface area contributed by atoms with Gasteiger partial charge in [-0.1, -0.05) is 11.6 Å². The van der Waals surface area contributed by atoms with Gasteiger partial charge in [-0.2, -0.15) is 0 Å². The van der Waals surface area contributed by atoms with E-state index < -0.39 is 0 Å². The quantitative estimate of drug-likeness (QED) is 0.698. The van der Waals surface area contributed by atoms with Crippen molar-refractivity contribution in [1.29, 1.82) is 0 Å². The molecule has 0 aliphatic rings. The zero-order valence-electron chi connectivity index (χ0n) is 11.8. The average Bonchev–Trinajstić information content (AvgIpc) is 2.46. The molecule has 1 aromatic carbocycles. The van der Waals surface area contributed by atoms with E-state index >= 15 is 0 Å². The zero-order chi connectivity index (χ0) is 14.8. The fourth-order valence-corrected chi connectivity index (χ4v) is 1.66. The van der Waals surface area contributed by atoms with Crippen LogP contribution in [0, 0.1) is 0 Å². The maximum absolute atomic E-state index is 12.1. The van der Waals surface area contributed by atoms with E-state index in [9.17, 15) is 4.79 Å². The Morgan fingerprint density at radius 3 is 2.15 bits per heavy atom. The van der Waals surface area contributed by atoms with Crippen LogP contribution in [0.5, 0.6) is 5.75 Å². The molecule has 0 unspecified atom stereocenters. The summed E-state index contributed by atoms with van der Waals surface area (Å²) in [5.41, 5.74) is 0. The lowest BCUT2D eigenvalue weighted by molar-refractivity contribution is -0.134. The Labute approximate surface area is 124 Å². The molecule has 0 saturated carbocycles. The van der Waals surface area contributed by atoms with Gasteiger partial charge in [0.2, 0.25) is 0 Å². The van der Waals surface area contributed by atoms with Gasteiger partial charge >= 0.3 is 0 Å². The third-order valence-electron chi connectivity index (χ3n) is 2.66. The summed E-state index contributed by atoms with van der Waals surface area (Å²) in [4.78, 5) is 13.7. The van der Waals surface area contributed by atoms with E-state index in [1.807, 2.05) is 0 Å². The van der Waals surface area contributed by atoms with Gasteiger partial charge in [-0.15, -0.1) is 0 Å². The lowest BCUT2D eigenvalue weighted by Gasteiger charge is -2.22. The number of nitrogens with zero attached hydrogens (tertiary/aromatic N) is 1. The molecule has 0 bridgehead atoms. The molecule has 0 spiro atoms. The van der Waals surface area contributed by atoms with Gasteiger partial charge in [0.25, 0.3) is 5.91 Å². The van der Waals surface area contributed by atoms with Crippen LogP contribution in [0.1, 0.15) is 0 Å². The van der Waals surface area contributed by atoms with Crippen molar-refractivity contribution in [2.75, 3.05) is 47.1 Å². The Morgan fingerprint density at radius 1 is 1.10 bits per heavy atom. The Kier molecular flexibility index (Phi) is 8.02. The third-order valence-corrected chi connectivity index (χ3v) is 2.91. The molecular formula is C14H20ClNO4. The minimum absolute atomic E-state index is 0.0188. The molecule has 20 heavy (non-hydrogen) atoms. The van der Waals surface area contributed by atoms with Crippen LogP contribution in [0.4, 0.5) is 0 Å². The summed E-state index contributed by atoms with van der Waals surface area (Å²) < 4.78 is 15.4. The SMILES string of the molecule is COCCN(CCOC)C(=O)COc1ccc(Cl)cc1. The predicted octanol–water partition coefficient (Wildman–Crippen LogP) is 1.84. The third kappa shape index (κ3) is 6.23. The molecule has 0 heterocycles. The number of amides is 1. The van der Waals surface area contributed by atoms with Crippen molar-refractivity contribution in [3.05, 3.63) is 29.3 Å². The maximum Gasteiger partial charge on any atom is 0.260 e. The Morgan fingerprint density at radius 2 is 1.65 bits per heavy atom. The number of carbonyl (C=O) groups excluding carboxylic acids is 1. The summed E-state index contributed by atoms with van der Waals surface area (Å²) in [7, 11) is 3.20. The minimum Gasteiger partial charge on any atom is -0.484 e. The number of ether oxygens (including phenoxy) is 3. The van der Waals surface area contributed by atoms with Crippen LogP contribution in [-0.2, 0) is 14.3 Å². The van der Waals surface area contributed by atoms with Gasteiger partial charge in [0.15, 0.2) is 6.61 Å². The zero-order valence-corrected chi connectivity index (χ0v) is 12.6. The number of rotatable bonds is 9. The molecule has 0 fully saturated rings. The average molecular weight is 302 g/mol. The van der Waals surface area contributed by atoms with E-state index in [0.717, 1.165) is 0 Å². The highest BCUT2D eigenvalue weighted by molar-refractivity contribution is 6.30. The second-order valence-electron chi connectivity index (χ2n) is 4.11. The summed E-state index contributed by atoms with van der Waals surface area (Å²) in [6.45, 7) is 1.98. The Balaban J connectivity index is 2.45. The Bertz CT molecular complexity index is 389. The van der Waals surface area contributed by atoms with E-state index in [1.54, 1.807) is 43.4 Å². The van der Waals surface area contributed by atoms with Gasteiger partial charge in [-0.3, -0.25) is 4.79 Å². The molecule has 1 rings (SSSR count). The van der Waals surface area contributed by atoms with Crippen LogP contribution >= 0.6 is 11.6 Å². The highest BCUT2D eigenvalue weighted by atomic mass is 35.5. The topological polar surface area (TPSA) is 48.0 Å². The van der Waals surface area contributed by atoms with E-state index in [0.29, 0.717) is 37.1 Å². The van der Waals surface area contributed by atoms with Crippen LogP contribution in [-0.4, -0.2) is 57.9 Å². The van der Waals surface area contributed by atoms with Crippen molar-refractivity contribution in [3.63, 3.8) is 0 Å². The van der Waals surface area contributed by atoms with E-state index in [2.05, 4.69) is 0 Å². The van der Waals surface area contributed by atoms with Crippen molar-refractivity contribution in [2.24, 2.45) is 0 Å². The van der Waals surface area contributed by atoms with Crippen LogP contribution in [0.2, 0.25) is 5.02 Å². The van der Waals surface area contributed by atoms with Gasteiger partial charge in [0, 0.05) is 32.3 Å². The molecule has 0 aliphatic carbocycles. The fraction of sp³-hybridized carbons (Fsp3) is 0.500. The van der Waals surface area contributed by atoms with E-state index in [-0.39, 0.29) is 12.5 Å². The molecule has 0 aliphatic heterocycles. The van der Waals surface area contributed by atoms with Crippen molar-refractivity contribution in [3.8, 4) is 5.75 Å². The highest BCUT2D eigenvalue weighted by Gasteiger charge is 2.13. The van der Waals surface area contributed by atoms with Gasteiger partial charge in [-0.05, 0) is 24.3 Å². The number of methoxy groups -OCH3 is 2. The minimum atomic E-state index is -0.103. The largest absolute Gasteiger partial charge is 0.484 e. The van der Waals surface area contributed by atoms with Crippen LogP contribution in [0.15, 0.2) is 24.3 Å². The number of benzene rings is 1. The standard InChI is InChI=1S/C14H20ClNO4/c1-18-9-7-16(8-10-19-2)14(17)11-20-13-5-3-12(15)4-6-13/h3-6H,7-11H2,1-2H3. The first kappa shape index (κ1) is 16.8. The number of halogens is 1. The molecule has 0 atom stereocenters. The van der Waals surface area contributed by atoms with Gasteiger partial charge < -0.3 is 19.1 Å². The summed E-state index contributed by atoms with van der Waals surface area (Å²) in [5, 5.41) is 0.630. The predicted molar refractivity (Wildman–Crippen MR) is 77.3 cm³/mol. The highest BCUT2D eigenvalue weighted by Crippen LogP contribution is 2.15. The second-order valence-corrected chi connectivity index (χ2v) is 4.55. The summed E-state index contributed by atoms with van der Waals surface area (Å²) in [5.74, 6) is 0.509. The van der Waals surface area contributed by atoms with Crippen LogP contribution < -0.4 is 4.74 Å². The second kappa shape index (κ2) is 9.58. The normalized spacial score (nSPS) is 10.3. The molecular weight excluding hydrogens is 282 g/mol. The van der Waals surface area contributed by atoms with Crippen LogP contribution in [0.25, 0.3) is 0 Å². The number of carbonyl (C=O) groups is 1.